The van der Waals surface area contributed by atoms with Crippen LogP contribution in [0.3, 0.4) is 0 Å². The molecule has 5 heteroatoms. The summed E-state index contributed by atoms with van der Waals surface area (Å²) in [5, 5.41) is 0. The summed E-state index contributed by atoms with van der Waals surface area (Å²) in [5.74, 6) is 0.161. The first-order valence-corrected chi connectivity index (χ1v) is 8.06. The van der Waals surface area contributed by atoms with Gasteiger partial charge in [0.05, 0.1) is 19.3 Å². The third-order valence-electron chi connectivity index (χ3n) is 6.63. The van der Waals surface area contributed by atoms with E-state index in [1.807, 2.05) is 26.0 Å². The third kappa shape index (κ3) is 1.20. The van der Waals surface area contributed by atoms with Gasteiger partial charge in [0.15, 0.2) is 0 Å². The number of fused-ring (bicyclic) bond motifs is 3. The molecule has 3 saturated heterocycles. The Morgan fingerprint density at radius 2 is 2.09 bits per heavy atom. The minimum atomic E-state index is -1.12. The Bertz CT molecular complexity index is 756. The zero-order chi connectivity index (χ0) is 16.1. The molecule has 0 radical (unpaired) electrons. The third-order valence-corrected chi connectivity index (χ3v) is 6.63. The quantitative estimate of drug-likeness (QED) is 0.474. The Hall–Kier alpha value is -1.88. The van der Waals surface area contributed by atoms with Gasteiger partial charge in [0.25, 0.3) is 0 Å². The number of carbonyl (C=O) groups excluding carboxylic acids is 2. The molecule has 4 fully saturated rings. The van der Waals surface area contributed by atoms with Gasteiger partial charge in [0, 0.05) is 17.8 Å². The van der Waals surface area contributed by atoms with Gasteiger partial charge in [-0.25, -0.2) is 0 Å². The van der Waals surface area contributed by atoms with E-state index in [-0.39, 0.29) is 42.0 Å². The maximum Gasteiger partial charge on any atom is 0.320 e. The van der Waals surface area contributed by atoms with Crippen molar-refractivity contribution in [2.45, 2.75) is 38.1 Å². The first kappa shape index (κ1) is 13.5. The van der Waals surface area contributed by atoms with Gasteiger partial charge >= 0.3 is 5.97 Å². The summed E-state index contributed by atoms with van der Waals surface area (Å²) in [6.45, 7) is 3.95. The highest BCUT2D eigenvalue weighted by Crippen LogP contribution is 2.70. The molecule has 4 bridgehead atoms. The zero-order valence-corrected chi connectivity index (χ0v) is 13.2. The molecule has 5 aliphatic rings. The first-order chi connectivity index (χ1) is 11.1. The minimum Gasteiger partial charge on any atom is -0.496 e. The van der Waals surface area contributed by atoms with Crippen molar-refractivity contribution in [3.05, 3.63) is 28.8 Å². The monoisotopic (exact) mass is 314 g/mol. The molecule has 1 aromatic carbocycles. The predicted octanol–water partition coefficient (Wildman–Crippen LogP) is 1.92. The highest BCUT2D eigenvalue weighted by molar-refractivity contribution is 5.97. The Balaban J connectivity index is 1.82. The molecule has 0 aromatic heterocycles. The van der Waals surface area contributed by atoms with E-state index in [0.717, 1.165) is 28.7 Å². The molecule has 1 saturated carbocycles. The lowest BCUT2D eigenvalue weighted by molar-refractivity contribution is -0.208. The Labute approximate surface area is 133 Å². The molecule has 0 amide bonds. The lowest BCUT2D eigenvalue weighted by Crippen LogP contribution is -2.64. The van der Waals surface area contributed by atoms with E-state index >= 15 is 0 Å². The molecule has 3 heterocycles. The molecule has 7 atom stereocenters. The summed E-state index contributed by atoms with van der Waals surface area (Å²) in [6, 6.07) is 3.91. The summed E-state index contributed by atoms with van der Waals surface area (Å²) in [5.41, 5.74) is 2.05. The number of ether oxygens (including phenoxy) is 3. The van der Waals surface area contributed by atoms with Crippen molar-refractivity contribution in [2.24, 2.45) is 17.3 Å². The normalized spacial score (nSPS) is 44.9. The van der Waals surface area contributed by atoms with Gasteiger partial charge in [-0.2, -0.15) is 0 Å². The van der Waals surface area contributed by atoms with Crippen molar-refractivity contribution < 1.29 is 23.8 Å². The molecule has 3 unspecified atom stereocenters. The maximum absolute atomic E-state index is 12.6. The van der Waals surface area contributed by atoms with E-state index < -0.39 is 5.41 Å². The van der Waals surface area contributed by atoms with Crippen LogP contribution in [-0.2, 0) is 19.1 Å². The number of hydrogen-bond acceptors (Lipinski definition) is 5. The largest absolute Gasteiger partial charge is 0.496 e. The van der Waals surface area contributed by atoms with Crippen molar-refractivity contribution in [3.8, 4) is 5.75 Å². The van der Waals surface area contributed by atoms with E-state index in [1.165, 1.54) is 0 Å². The molecule has 0 spiro atoms. The summed E-state index contributed by atoms with van der Waals surface area (Å²) >= 11 is 0. The second kappa shape index (κ2) is 3.96. The lowest BCUT2D eigenvalue weighted by atomic mass is 9.54. The van der Waals surface area contributed by atoms with Crippen LogP contribution in [0.4, 0.5) is 0 Å². The Kier molecular flexibility index (Phi) is 2.33. The summed E-state index contributed by atoms with van der Waals surface area (Å²) < 4.78 is 17.4. The number of carbonyl (C=O) groups is 2. The molecule has 1 aromatic rings. The van der Waals surface area contributed by atoms with Gasteiger partial charge in [-0.15, -0.1) is 0 Å². The number of hydrogen-bond donors (Lipinski definition) is 0. The second-order valence-electron chi connectivity index (χ2n) is 7.18. The minimum absolute atomic E-state index is 0.0416. The first-order valence-electron chi connectivity index (χ1n) is 8.06. The molecule has 3 aliphatic heterocycles. The number of aldehydes is 1. The van der Waals surface area contributed by atoms with E-state index in [1.54, 1.807) is 7.11 Å². The van der Waals surface area contributed by atoms with Crippen LogP contribution in [-0.4, -0.2) is 31.6 Å². The molecular formula is C18H18O5. The number of benzene rings is 1. The number of rotatable bonds is 2. The topological polar surface area (TPSA) is 61.8 Å². The van der Waals surface area contributed by atoms with Crippen molar-refractivity contribution in [2.75, 3.05) is 7.11 Å². The van der Waals surface area contributed by atoms with Gasteiger partial charge in [-0.3, -0.25) is 4.79 Å². The number of esters is 1. The Morgan fingerprint density at radius 3 is 2.78 bits per heavy atom. The molecule has 5 nitrogen and oxygen atoms in total. The standard InChI is InChI=1S/C18H18O5/c1-7-10(21-3)5-4-9-11(7)15-12-13(9)18(6-19)8(2)14(22-15)16(12)23-17(18)20/h4-6,8,12-16H,1-3H3/t8?,12-,13-,14?,15?,16-,18-/m1/s1. The van der Waals surface area contributed by atoms with E-state index in [4.69, 9.17) is 14.2 Å². The van der Waals surface area contributed by atoms with Crippen molar-refractivity contribution in [1.82, 2.24) is 0 Å². The van der Waals surface area contributed by atoms with Crippen molar-refractivity contribution in [1.29, 1.82) is 0 Å². The molecule has 0 N–H and O–H groups in total. The van der Waals surface area contributed by atoms with Crippen LogP contribution >= 0.6 is 0 Å². The fourth-order valence-corrected chi connectivity index (χ4v) is 5.61. The fourth-order valence-electron chi connectivity index (χ4n) is 5.61. The highest BCUT2D eigenvalue weighted by atomic mass is 16.6. The number of methoxy groups -OCH3 is 1. The van der Waals surface area contributed by atoms with Gasteiger partial charge in [-0.1, -0.05) is 13.0 Å². The summed E-state index contributed by atoms with van der Waals surface area (Å²) in [7, 11) is 1.65. The van der Waals surface area contributed by atoms with Crippen LogP contribution in [0.25, 0.3) is 0 Å². The van der Waals surface area contributed by atoms with Crippen LogP contribution in [0, 0.1) is 24.2 Å². The fraction of sp³-hybridized carbons (Fsp3) is 0.556. The summed E-state index contributed by atoms with van der Waals surface area (Å²) in [4.78, 5) is 24.7. The summed E-state index contributed by atoms with van der Waals surface area (Å²) in [6.07, 6.45) is 0.271. The zero-order valence-electron chi connectivity index (χ0n) is 13.2. The van der Waals surface area contributed by atoms with Crippen LogP contribution in [0.2, 0.25) is 0 Å². The predicted molar refractivity (Wildman–Crippen MR) is 79.1 cm³/mol. The molecule has 23 heavy (non-hydrogen) atoms. The van der Waals surface area contributed by atoms with Crippen LogP contribution in [0.1, 0.15) is 35.6 Å². The van der Waals surface area contributed by atoms with E-state index in [2.05, 4.69) is 0 Å². The van der Waals surface area contributed by atoms with Gasteiger partial charge in [0.1, 0.15) is 23.6 Å². The highest BCUT2D eigenvalue weighted by Gasteiger charge is 2.76. The molecule has 120 valence electrons. The van der Waals surface area contributed by atoms with Crippen LogP contribution < -0.4 is 4.74 Å². The Morgan fingerprint density at radius 1 is 1.30 bits per heavy atom. The molecular weight excluding hydrogens is 296 g/mol. The van der Waals surface area contributed by atoms with Gasteiger partial charge in [-0.05, 0) is 29.7 Å². The average molecular weight is 314 g/mol. The maximum atomic E-state index is 12.6. The average Bonchev–Trinajstić information content (AvgIpc) is 3.03. The lowest BCUT2D eigenvalue weighted by Gasteiger charge is -2.53. The van der Waals surface area contributed by atoms with E-state index in [9.17, 15) is 9.59 Å². The van der Waals surface area contributed by atoms with Gasteiger partial charge in [0.2, 0.25) is 0 Å². The van der Waals surface area contributed by atoms with E-state index in [0.29, 0.717) is 0 Å². The molecule has 6 rings (SSSR count). The SMILES string of the molecule is COc1ccc2c(c1C)C1OC3C(C)[C@@]4(C=O)C(=O)O[C@@H]3[C@@H]1[C@@H]24. The van der Waals surface area contributed by atoms with Crippen LogP contribution in [0.15, 0.2) is 12.1 Å². The second-order valence-corrected chi connectivity index (χ2v) is 7.18. The van der Waals surface area contributed by atoms with Gasteiger partial charge < -0.3 is 19.0 Å². The smallest absolute Gasteiger partial charge is 0.320 e. The molecule has 2 aliphatic carbocycles. The van der Waals surface area contributed by atoms with Crippen molar-refractivity contribution >= 4 is 12.3 Å². The van der Waals surface area contributed by atoms with Crippen molar-refractivity contribution in [3.63, 3.8) is 0 Å². The van der Waals surface area contributed by atoms with Crippen LogP contribution in [0.5, 0.6) is 5.75 Å².